The van der Waals surface area contributed by atoms with Crippen LogP contribution in [0.5, 0.6) is 0 Å². The van der Waals surface area contributed by atoms with E-state index in [1.165, 1.54) is 30.3 Å². The normalized spacial score (nSPS) is 11.0. The second-order valence-electron chi connectivity index (χ2n) is 5.18. The summed E-state index contributed by atoms with van der Waals surface area (Å²) in [5, 5.41) is 8.73. The molecule has 0 spiro atoms. The molecule has 0 heterocycles. The molecule has 0 atom stereocenters. The van der Waals surface area contributed by atoms with Crippen molar-refractivity contribution in [3.63, 3.8) is 0 Å². The summed E-state index contributed by atoms with van der Waals surface area (Å²) < 4.78 is 27.2. The van der Waals surface area contributed by atoms with Crippen molar-refractivity contribution in [2.24, 2.45) is 5.73 Å². The minimum atomic E-state index is -3.94. The van der Waals surface area contributed by atoms with Gasteiger partial charge in [-0.3, -0.25) is 14.3 Å². The van der Waals surface area contributed by atoms with E-state index in [1.807, 2.05) is 0 Å². The smallest absolute Gasteiger partial charge is 0.307 e. The Labute approximate surface area is 139 Å². The van der Waals surface area contributed by atoms with Crippen molar-refractivity contribution in [3.8, 4) is 0 Å². The SMILES string of the molecule is Cc1cccc(NS(=O)(=O)c2ccc(CC(=O)O)cc2)c1C(N)=O. The number of nitrogens with two attached hydrogens (primary N) is 1. The minimum Gasteiger partial charge on any atom is -0.481 e. The number of rotatable bonds is 6. The van der Waals surface area contributed by atoms with E-state index in [2.05, 4.69) is 4.72 Å². The molecule has 0 saturated carbocycles. The predicted molar refractivity (Wildman–Crippen MR) is 88.3 cm³/mol. The van der Waals surface area contributed by atoms with Crippen molar-refractivity contribution in [1.82, 2.24) is 0 Å². The van der Waals surface area contributed by atoms with E-state index in [4.69, 9.17) is 10.8 Å². The summed E-state index contributed by atoms with van der Waals surface area (Å²) in [5.74, 6) is -1.74. The zero-order valence-electron chi connectivity index (χ0n) is 12.8. The molecular weight excluding hydrogens is 332 g/mol. The quantitative estimate of drug-likeness (QED) is 0.729. The molecule has 0 aliphatic rings. The van der Waals surface area contributed by atoms with Gasteiger partial charge in [-0.2, -0.15) is 0 Å². The van der Waals surface area contributed by atoms with Crippen LogP contribution in [0.25, 0.3) is 0 Å². The Morgan fingerprint density at radius 1 is 1.12 bits per heavy atom. The van der Waals surface area contributed by atoms with Crippen LogP contribution in [0.2, 0.25) is 0 Å². The summed E-state index contributed by atoms with van der Waals surface area (Å²) in [7, 11) is -3.94. The predicted octanol–water partition coefficient (Wildman–Crippen LogP) is 1.52. The van der Waals surface area contributed by atoms with Gasteiger partial charge in [-0.25, -0.2) is 8.42 Å². The number of primary amides is 1. The Kier molecular flexibility index (Phi) is 4.89. The number of hydrogen-bond donors (Lipinski definition) is 3. The zero-order chi connectivity index (χ0) is 17.9. The van der Waals surface area contributed by atoms with Crippen LogP contribution < -0.4 is 10.5 Å². The number of carbonyl (C=O) groups excluding carboxylic acids is 1. The molecule has 0 aliphatic carbocycles. The molecule has 2 aromatic rings. The first kappa shape index (κ1) is 17.5. The molecule has 0 fully saturated rings. The van der Waals surface area contributed by atoms with Crippen molar-refractivity contribution in [3.05, 3.63) is 59.2 Å². The molecule has 0 aromatic heterocycles. The maximum atomic E-state index is 12.4. The molecule has 2 rings (SSSR count). The lowest BCUT2D eigenvalue weighted by atomic mass is 10.1. The fourth-order valence-corrected chi connectivity index (χ4v) is 3.32. The van der Waals surface area contributed by atoms with Crippen molar-refractivity contribution >= 4 is 27.6 Å². The highest BCUT2D eigenvalue weighted by atomic mass is 32.2. The average Bonchev–Trinajstić information content (AvgIpc) is 2.46. The standard InChI is InChI=1S/C16H16N2O5S/c1-10-3-2-4-13(15(10)16(17)21)18-24(22,23)12-7-5-11(6-8-12)9-14(19)20/h2-8,18H,9H2,1H3,(H2,17,21)(H,19,20). The summed E-state index contributed by atoms with van der Waals surface area (Å²) in [6.45, 7) is 1.65. The number of nitrogens with one attached hydrogen (secondary N) is 1. The molecular formula is C16H16N2O5S. The average molecular weight is 348 g/mol. The summed E-state index contributed by atoms with van der Waals surface area (Å²) in [6.07, 6.45) is -0.197. The second kappa shape index (κ2) is 6.71. The van der Waals surface area contributed by atoms with Crippen LogP contribution in [0.3, 0.4) is 0 Å². The number of anilines is 1. The number of carbonyl (C=O) groups is 2. The van der Waals surface area contributed by atoms with E-state index in [1.54, 1.807) is 19.1 Å². The molecule has 0 bridgehead atoms. The van der Waals surface area contributed by atoms with E-state index in [-0.39, 0.29) is 22.6 Å². The highest BCUT2D eigenvalue weighted by molar-refractivity contribution is 7.92. The molecule has 0 aliphatic heterocycles. The Morgan fingerprint density at radius 2 is 1.75 bits per heavy atom. The summed E-state index contributed by atoms with van der Waals surface area (Å²) in [5.41, 5.74) is 6.54. The number of aliphatic carboxylic acids is 1. The van der Waals surface area contributed by atoms with Gasteiger partial charge < -0.3 is 10.8 Å². The van der Waals surface area contributed by atoms with Crippen molar-refractivity contribution in [2.75, 3.05) is 4.72 Å². The molecule has 2 aromatic carbocycles. The molecule has 0 radical (unpaired) electrons. The monoisotopic (exact) mass is 348 g/mol. The van der Waals surface area contributed by atoms with E-state index in [0.717, 1.165) is 0 Å². The van der Waals surface area contributed by atoms with Crippen molar-refractivity contribution < 1.29 is 23.1 Å². The number of amides is 1. The molecule has 0 unspecified atom stereocenters. The topological polar surface area (TPSA) is 127 Å². The van der Waals surface area contributed by atoms with Crippen LogP contribution in [0.1, 0.15) is 21.5 Å². The first-order valence-corrected chi connectivity index (χ1v) is 8.42. The van der Waals surface area contributed by atoms with E-state index < -0.39 is 21.9 Å². The van der Waals surface area contributed by atoms with Gasteiger partial charge in [0.05, 0.1) is 22.6 Å². The van der Waals surface area contributed by atoms with Crippen LogP contribution in [-0.4, -0.2) is 25.4 Å². The lowest BCUT2D eigenvalue weighted by Gasteiger charge is -2.13. The molecule has 24 heavy (non-hydrogen) atoms. The van der Waals surface area contributed by atoms with Crippen molar-refractivity contribution in [2.45, 2.75) is 18.2 Å². The van der Waals surface area contributed by atoms with Gasteiger partial charge in [-0.05, 0) is 36.2 Å². The van der Waals surface area contributed by atoms with Gasteiger partial charge in [0.2, 0.25) is 0 Å². The van der Waals surface area contributed by atoms with Gasteiger partial charge in [-0.15, -0.1) is 0 Å². The number of carboxylic acids is 1. The van der Waals surface area contributed by atoms with Crippen LogP contribution in [-0.2, 0) is 21.2 Å². The lowest BCUT2D eigenvalue weighted by molar-refractivity contribution is -0.136. The van der Waals surface area contributed by atoms with Gasteiger partial charge in [0.25, 0.3) is 15.9 Å². The first-order valence-electron chi connectivity index (χ1n) is 6.93. The Morgan fingerprint density at radius 3 is 2.29 bits per heavy atom. The lowest BCUT2D eigenvalue weighted by Crippen LogP contribution is -2.19. The van der Waals surface area contributed by atoms with Crippen LogP contribution in [0.15, 0.2) is 47.4 Å². The van der Waals surface area contributed by atoms with Gasteiger partial charge in [0, 0.05) is 0 Å². The highest BCUT2D eigenvalue weighted by Crippen LogP contribution is 2.23. The molecule has 1 amide bonds. The van der Waals surface area contributed by atoms with Crippen molar-refractivity contribution in [1.29, 1.82) is 0 Å². The van der Waals surface area contributed by atoms with E-state index in [9.17, 15) is 18.0 Å². The molecule has 8 heteroatoms. The number of sulfonamides is 1. The highest BCUT2D eigenvalue weighted by Gasteiger charge is 2.19. The molecule has 7 nitrogen and oxygen atoms in total. The van der Waals surface area contributed by atoms with Crippen LogP contribution >= 0.6 is 0 Å². The van der Waals surface area contributed by atoms with E-state index in [0.29, 0.717) is 11.1 Å². The third-order valence-corrected chi connectivity index (χ3v) is 4.73. The Bertz CT molecular complexity index is 889. The number of hydrogen-bond acceptors (Lipinski definition) is 4. The van der Waals surface area contributed by atoms with E-state index >= 15 is 0 Å². The zero-order valence-corrected chi connectivity index (χ0v) is 13.6. The maximum Gasteiger partial charge on any atom is 0.307 e. The fourth-order valence-electron chi connectivity index (χ4n) is 2.24. The molecule has 0 saturated heterocycles. The van der Waals surface area contributed by atoms with Crippen LogP contribution in [0, 0.1) is 6.92 Å². The third kappa shape index (κ3) is 3.90. The number of carboxylic acid groups (broad SMARTS) is 1. The Balaban J connectivity index is 2.34. The largest absolute Gasteiger partial charge is 0.481 e. The molecule has 4 N–H and O–H groups in total. The fraction of sp³-hybridized carbons (Fsp3) is 0.125. The van der Waals surface area contributed by atoms with Gasteiger partial charge in [0.1, 0.15) is 0 Å². The Hall–Kier alpha value is -2.87. The van der Waals surface area contributed by atoms with Crippen LogP contribution in [0.4, 0.5) is 5.69 Å². The number of aryl methyl sites for hydroxylation is 1. The summed E-state index contributed by atoms with van der Waals surface area (Å²) in [6, 6.07) is 10.2. The first-order chi connectivity index (χ1) is 11.2. The maximum absolute atomic E-state index is 12.4. The summed E-state index contributed by atoms with van der Waals surface area (Å²) >= 11 is 0. The second-order valence-corrected chi connectivity index (χ2v) is 6.86. The van der Waals surface area contributed by atoms with Gasteiger partial charge >= 0.3 is 5.97 Å². The molecule has 126 valence electrons. The van der Waals surface area contributed by atoms with Gasteiger partial charge in [0.15, 0.2) is 0 Å². The summed E-state index contributed by atoms with van der Waals surface area (Å²) in [4.78, 5) is 22.1. The minimum absolute atomic E-state index is 0.0476. The van der Waals surface area contributed by atoms with Gasteiger partial charge in [-0.1, -0.05) is 24.3 Å². The third-order valence-electron chi connectivity index (χ3n) is 3.35. The number of benzene rings is 2.